The van der Waals surface area contributed by atoms with Crippen molar-refractivity contribution >= 4 is 23.0 Å². The summed E-state index contributed by atoms with van der Waals surface area (Å²) in [5.41, 5.74) is 1.86. The SMILES string of the molecule is CCn1nccc1C(C)NC(=S)Nc1ccc(OC)cc1OC. The number of hydrogen-bond donors (Lipinski definition) is 2. The van der Waals surface area contributed by atoms with Crippen molar-refractivity contribution in [2.75, 3.05) is 19.5 Å². The second kappa shape index (κ2) is 7.82. The van der Waals surface area contributed by atoms with Crippen molar-refractivity contribution < 1.29 is 9.47 Å². The molecule has 0 aliphatic rings. The maximum atomic E-state index is 5.40. The zero-order chi connectivity index (χ0) is 16.8. The molecule has 0 saturated heterocycles. The van der Waals surface area contributed by atoms with Gasteiger partial charge < -0.3 is 20.1 Å². The van der Waals surface area contributed by atoms with E-state index in [1.54, 1.807) is 26.5 Å². The fourth-order valence-corrected chi connectivity index (χ4v) is 2.59. The van der Waals surface area contributed by atoms with Gasteiger partial charge in [-0.15, -0.1) is 0 Å². The van der Waals surface area contributed by atoms with Crippen LogP contribution in [0.25, 0.3) is 0 Å². The van der Waals surface area contributed by atoms with Gasteiger partial charge in [-0.1, -0.05) is 0 Å². The quantitative estimate of drug-likeness (QED) is 0.792. The first-order valence-corrected chi connectivity index (χ1v) is 7.81. The summed E-state index contributed by atoms with van der Waals surface area (Å²) < 4.78 is 12.5. The average molecular weight is 334 g/mol. The normalized spacial score (nSPS) is 11.7. The van der Waals surface area contributed by atoms with Crippen LogP contribution in [-0.4, -0.2) is 29.1 Å². The third kappa shape index (κ3) is 4.13. The minimum absolute atomic E-state index is 0.0432. The van der Waals surface area contributed by atoms with Crippen molar-refractivity contribution in [3.63, 3.8) is 0 Å². The third-order valence-electron chi connectivity index (χ3n) is 3.50. The number of rotatable bonds is 6. The molecule has 0 amide bonds. The van der Waals surface area contributed by atoms with Crippen molar-refractivity contribution in [3.8, 4) is 11.5 Å². The molecule has 0 aliphatic carbocycles. The minimum atomic E-state index is 0.0432. The summed E-state index contributed by atoms with van der Waals surface area (Å²) in [5.74, 6) is 1.39. The van der Waals surface area contributed by atoms with Crippen LogP contribution in [0, 0.1) is 0 Å². The van der Waals surface area contributed by atoms with Crippen LogP contribution in [0.5, 0.6) is 11.5 Å². The Morgan fingerprint density at radius 1 is 1.30 bits per heavy atom. The number of ether oxygens (including phenoxy) is 2. The number of nitrogens with zero attached hydrogens (tertiary/aromatic N) is 2. The van der Waals surface area contributed by atoms with Gasteiger partial charge in [0.25, 0.3) is 0 Å². The molecule has 0 bridgehead atoms. The zero-order valence-electron chi connectivity index (χ0n) is 13.8. The first-order valence-electron chi connectivity index (χ1n) is 7.40. The first-order chi connectivity index (χ1) is 11.1. The van der Waals surface area contributed by atoms with Crippen LogP contribution >= 0.6 is 12.2 Å². The molecule has 1 heterocycles. The van der Waals surface area contributed by atoms with Crippen molar-refractivity contribution in [2.24, 2.45) is 0 Å². The van der Waals surface area contributed by atoms with Crippen LogP contribution in [0.3, 0.4) is 0 Å². The molecule has 0 spiro atoms. The number of aromatic nitrogens is 2. The van der Waals surface area contributed by atoms with Crippen molar-refractivity contribution in [2.45, 2.75) is 26.4 Å². The largest absolute Gasteiger partial charge is 0.497 e. The molecule has 1 atom stereocenters. The number of nitrogens with one attached hydrogen (secondary N) is 2. The van der Waals surface area contributed by atoms with E-state index in [-0.39, 0.29) is 6.04 Å². The van der Waals surface area contributed by atoms with Gasteiger partial charge in [0.15, 0.2) is 5.11 Å². The van der Waals surface area contributed by atoms with Crippen LogP contribution in [-0.2, 0) is 6.54 Å². The molecule has 0 aliphatic heterocycles. The van der Waals surface area contributed by atoms with E-state index in [1.807, 2.05) is 29.8 Å². The summed E-state index contributed by atoms with van der Waals surface area (Å²) in [4.78, 5) is 0. The highest BCUT2D eigenvalue weighted by Crippen LogP contribution is 2.29. The van der Waals surface area contributed by atoms with Gasteiger partial charge in [-0.2, -0.15) is 5.10 Å². The molecule has 2 aromatic rings. The van der Waals surface area contributed by atoms with Crippen LogP contribution in [0.4, 0.5) is 5.69 Å². The van der Waals surface area contributed by atoms with E-state index in [2.05, 4.69) is 22.7 Å². The fourth-order valence-electron chi connectivity index (χ4n) is 2.31. The summed E-state index contributed by atoms with van der Waals surface area (Å²) in [6.07, 6.45) is 1.79. The maximum Gasteiger partial charge on any atom is 0.171 e. The molecule has 23 heavy (non-hydrogen) atoms. The average Bonchev–Trinajstić information content (AvgIpc) is 3.03. The Bertz CT molecular complexity index is 672. The molecule has 1 unspecified atom stereocenters. The van der Waals surface area contributed by atoms with E-state index in [1.165, 1.54) is 0 Å². The van der Waals surface area contributed by atoms with Crippen molar-refractivity contribution in [1.82, 2.24) is 15.1 Å². The smallest absolute Gasteiger partial charge is 0.171 e. The molecule has 1 aromatic heterocycles. The minimum Gasteiger partial charge on any atom is -0.497 e. The predicted molar refractivity (Wildman–Crippen MR) is 95.2 cm³/mol. The second-order valence-corrected chi connectivity index (χ2v) is 5.37. The van der Waals surface area contributed by atoms with Gasteiger partial charge in [-0.25, -0.2) is 0 Å². The lowest BCUT2D eigenvalue weighted by atomic mass is 10.2. The summed E-state index contributed by atoms with van der Waals surface area (Å²) >= 11 is 5.40. The Labute approximate surface area is 141 Å². The molecular formula is C16H22N4O2S. The molecule has 2 rings (SSSR count). The third-order valence-corrected chi connectivity index (χ3v) is 3.72. The maximum absolute atomic E-state index is 5.40. The van der Waals surface area contributed by atoms with E-state index >= 15 is 0 Å². The van der Waals surface area contributed by atoms with Crippen LogP contribution in [0.1, 0.15) is 25.6 Å². The molecule has 1 aromatic carbocycles. The van der Waals surface area contributed by atoms with E-state index in [0.29, 0.717) is 10.9 Å². The first kappa shape index (κ1) is 17.1. The summed E-state index contributed by atoms with van der Waals surface area (Å²) in [6, 6.07) is 7.55. The Morgan fingerprint density at radius 2 is 2.09 bits per heavy atom. The summed E-state index contributed by atoms with van der Waals surface area (Å²) in [7, 11) is 3.23. The predicted octanol–water partition coefficient (Wildman–Crippen LogP) is 2.97. The highest BCUT2D eigenvalue weighted by molar-refractivity contribution is 7.80. The van der Waals surface area contributed by atoms with Crippen LogP contribution in [0.2, 0.25) is 0 Å². The topological polar surface area (TPSA) is 60.3 Å². The van der Waals surface area contributed by atoms with Crippen LogP contribution in [0.15, 0.2) is 30.5 Å². The number of anilines is 1. The Kier molecular flexibility index (Phi) is 5.81. The highest BCUT2D eigenvalue weighted by atomic mass is 32.1. The Morgan fingerprint density at radius 3 is 2.74 bits per heavy atom. The molecule has 6 nitrogen and oxygen atoms in total. The monoisotopic (exact) mass is 334 g/mol. The van der Waals surface area contributed by atoms with Gasteiger partial charge in [-0.3, -0.25) is 4.68 Å². The second-order valence-electron chi connectivity index (χ2n) is 4.96. The van der Waals surface area contributed by atoms with E-state index in [4.69, 9.17) is 21.7 Å². The summed E-state index contributed by atoms with van der Waals surface area (Å²) in [5, 5.41) is 11.2. The van der Waals surface area contributed by atoms with E-state index < -0.39 is 0 Å². The number of aryl methyl sites for hydroxylation is 1. The molecule has 0 fully saturated rings. The molecule has 0 radical (unpaired) electrons. The molecular weight excluding hydrogens is 312 g/mol. The Balaban J connectivity index is 2.05. The van der Waals surface area contributed by atoms with Gasteiger partial charge >= 0.3 is 0 Å². The van der Waals surface area contributed by atoms with E-state index in [0.717, 1.165) is 23.7 Å². The van der Waals surface area contributed by atoms with Gasteiger partial charge in [-0.05, 0) is 44.3 Å². The molecule has 0 saturated carbocycles. The number of methoxy groups -OCH3 is 2. The van der Waals surface area contributed by atoms with Gasteiger partial charge in [0.05, 0.1) is 31.6 Å². The molecule has 124 valence electrons. The van der Waals surface area contributed by atoms with Gasteiger partial charge in [0.1, 0.15) is 11.5 Å². The fraction of sp³-hybridized carbons (Fsp3) is 0.375. The summed E-state index contributed by atoms with van der Waals surface area (Å²) in [6.45, 7) is 4.92. The van der Waals surface area contributed by atoms with Crippen LogP contribution < -0.4 is 20.1 Å². The zero-order valence-corrected chi connectivity index (χ0v) is 14.6. The van der Waals surface area contributed by atoms with Crippen molar-refractivity contribution in [1.29, 1.82) is 0 Å². The van der Waals surface area contributed by atoms with E-state index in [9.17, 15) is 0 Å². The lowest BCUT2D eigenvalue weighted by Crippen LogP contribution is -2.32. The van der Waals surface area contributed by atoms with Crippen molar-refractivity contribution in [3.05, 3.63) is 36.2 Å². The number of benzene rings is 1. The number of hydrogen-bond acceptors (Lipinski definition) is 4. The van der Waals surface area contributed by atoms with Gasteiger partial charge in [0, 0.05) is 18.8 Å². The van der Waals surface area contributed by atoms with Gasteiger partial charge in [0.2, 0.25) is 0 Å². The lowest BCUT2D eigenvalue weighted by molar-refractivity contribution is 0.395. The lowest BCUT2D eigenvalue weighted by Gasteiger charge is -2.19. The molecule has 7 heteroatoms. The standard InChI is InChI=1S/C16H22N4O2S/c1-5-20-14(8-9-17-20)11(2)18-16(23)19-13-7-6-12(21-3)10-15(13)22-4/h6-11H,5H2,1-4H3,(H2,18,19,23). The highest BCUT2D eigenvalue weighted by Gasteiger charge is 2.13. The molecule has 2 N–H and O–H groups in total. The Hall–Kier alpha value is -2.28. The number of thiocarbonyl (C=S) groups is 1.